The Morgan fingerprint density at radius 3 is 2.97 bits per heavy atom. The zero-order chi connectivity index (χ0) is 21.4. The molecule has 1 aromatic carbocycles. The molecule has 158 valence electrons. The minimum Gasteiger partial charge on any atom is -0.350 e. The zero-order valence-corrected chi connectivity index (χ0v) is 18.0. The Kier molecular flexibility index (Phi) is 5.23. The van der Waals surface area contributed by atoms with Gasteiger partial charge in [-0.25, -0.2) is 9.37 Å². The minimum atomic E-state index is -0.289. The molecule has 0 radical (unpaired) electrons. The fourth-order valence-electron chi connectivity index (χ4n) is 4.09. The monoisotopic (exact) mass is 435 g/mol. The molecule has 2 aliphatic heterocycles. The number of carbonyl (C=O) groups excluding carboxylic acids is 1. The molecule has 5 rings (SSSR count). The van der Waals surface area contributed by atoms with Crippen LogP contribution in [0.1, 0.15) is 45.9 Å². The summed E-state index contributed by atoms with van der Waals surface area (Å²) in [6, 6.07) is 7.94. The van der Waals surface area contributed by atoms with Gasteiger partial charge in [0.2, 0.25) is 5.91 Å². The molecular formula is C23H22FN5OS. The maximum atomic E-state index is 13.1. The van der Waals surface area contributed by atoms with E-state index in [1.165, 1.54) is 17.0 Å². The maximum Gasteiger partial charge on any atom is 0.226 e. The number of nitrogens with one attached hydrogen (secondary N) is 1. The van der Waals surface area contributed by atoms with Crippen molar-refractivity contribution in [2.75, 3.05) is 6.54 Å². The third kappa shape index (κ3) is 4.07. The molecule has 0 spiro atoms. The highest BCUT2D eigenvalue weighted by molar-refractivity contribution is 7.09. The molecule has 0 bridgehead atoms. The van der Waals surface area contributed by atoms with Crippen molar-refractivity contribution in [1.82, 2.24) is 20.2 Å². The summed E-state index contributed by atoms with van der Waals surface area (Å²) in [6.45, 7) is 4.20. The molecule has 31 heavy (non-hydrogen) atoms. The quantitative estimate of drug-likeness (QED) is 0.682. The smallest absolute Gasteiger partial charge is 0.226 e. The summed E-state index contributed by atoms with van der Waals surface area (Å²) >= 11 is 1.72. The fraction of sp³-hybridized carbons (Fsp3) is 0.304. The molecule has 6 nitrogen and oxygen atoms in total. The predicted molar refractivity (Wildman–Crippen MR) is 117 cm³/mol. The summed E-state index contributed by atoms with van der Waals surface area (Å²) in [7, 11) is 0. The van der Waals surface area contributed by atoms with E-state index in [-0.39, 0.29) is 24.2 Å². The van der Waals surface area contributed by atoms with Crippen molar-refractivity contribution in [2.45, 2.75) is 38.9 Å². The van der Waals surface area contributed by atoms with Gasteiger partial charge < -0.3 is 10.2 Å². The minimum absolute atomic E-state index is 0.115. The van der Waals surface area contributed by atoms with Crippen LogP contribution in [0.5, 0.6) is 0 Å². The number of thiazole rings is 1. The summed E-state index contributed by atoms with van der Waals surface area (Å²) in [6.07, 6.45) is 3.02. The summed E-state index contributed by atoms with van der Waals surface area (Å²) in [4.78, 5) is 29.9. The van der Waals surface area contributed by atoms with Crippen LogP contribution in [0, 0.1) is 5.82 Å². The van der Waals surface area contributed by atoms with Crippen LogP contribution in [-0.4, -0.2) is 33.2 Å². The number of hydrogen-bond donors (Lipinski definition) is 1. The van der Waals surface area contributed by atoms with Gasteiger partial charge in [0, 0.05) is 29.6 Å². The van der Waals surface area contributed by atoms with E-state index in [1.807, 2.05) is 24.7 Å². The van der Waals surface area contributed by atoms with Crippen molar-refractivity contribution in [1.29, 1.82) is 0 Å². The van der Waals surface area contributed by atoms with Gasteiger partial charge in [-0.3, -0.25) is 14.8 Å². The number of amides is 1. The largest absolute Gasteiger partial charge is 0.350 e. The first-order valence-electron chi connectivity index (χ1n) is 10.3. The predicted octanol–water partition coefficient (Wildman–Crippen LogP) is 3.42. The average Bonchev–Trinajstić information content (AvgIpc) is 3.40. The van der Waals surface area contributed by atoms with Gasteiger partial charge in [0.15, 0.2) is 0 Å². The second kappa shape index (κ2) is 8.19. The number of hydrogen-bond acceptors (Lipinski definition) is 6. The average molecular weight is 436 g/mol. The lowest BCUT2D eigenvalue weighted by atomic mass is 10.1. The summed E-state index contributed by atoms with van der Waals surface area (Å²) in [5.41, 5.74) is 6.78. The van der Waals surface area contributed by atoms with E-state index in [4.69, 9.17) is 4.99 Å². The molecule has 0 saturated carbocycles. The van der Waals surface area contributed by atoms with E-state index in [1.54, 1.807) is 23.5 Å². The van der Waals surface area contributed by atoms with Crippen LogP contribution < -0.4 is 5.32 Å². The molecule has 0 fully saturated rings. The first kappa shape index (κ1) is 19.8. The van der Waals surface area contributed by atoms with Crippen LogP contribution in [0.15, 0.2) is 47.0 Å². The van der Waals surface area contributed by atoms with Gasteiger partial charge >= 0.3 is 0 Å². The van der Waals surface area contributed by atoms with E-state index in [9.17, 15) is 9.18 Å². The van der Waals surface area contributed by atoms with Gasteiger partial charge in [-0.1, -0.05) is 12.1 Å². The second-order valence-electron chi connectivity index (χ2n) is 7.88. The van der Waals surface area contributed by atoms with E-state index in [0.29, 0.717) is 6.54 Å². The Hall–Kier alpha value is -3.13. The molecular weight excluding hydrogens is 413 g/mol. The van der Waals surface area contributed by atoms with Crippen molar-refractivity contribution < 1.29 is 9.18 Å². The van der Waals surface area contributed by atoms with Crippen LogP contribution >= 0.6 is 11.3 Å². The van der Waals surface area contributed by atoms with Gasteiger partial charge in [-0.05, 0) is 36.2 Å². The number of benzene rings is 1. The van der Waals surface area contributed by atoms with E-state index < -0.39 is 0 Å². The lowest BCUT2D eigenvalue weighted by Gasteiger charge is -2.28. The highest BCUT2D eigenvalue weighted by Gasteiger charge is 2.27. The van der Waals surface area contributed by atoms with E-state index >= 15 is 0 Å². The number of aromatic nitrogens is 2. The molecule has 4 heterocycles. The maximum absolute atomic E-state index is 13.1. The topological polar surface area (TPSA) is 70.5 Å². The lowest BCUT2D eigenvalue weighted by Crippen LogP contribution is -2.35. The molecule has 1 N–H and O–H groups in total. The van der Waals surface area contributed by atoms with Crippen LogP contribution in [0.2, 0.25) is 0 Å². The Bertz CT molecular complexity index is 1160. The van der Waals surface area contributed by atoms with Gasteiger partial charge in [0.1, 0.15) is 11.7 Å². The molecule has 1 atom stereocenters. The normalized spacial score (nSPS) is 15.8. The third-order valence-corrected chi connectivity index (χ3v) is 6.68. The molecule has 0 saturated heterocycles. The van der Waals surface area contributed by atoms with Crippen molar-refractivity contribution in [3.8, 4) is 0 Å². The summed E-state index contributed by atoms with van der Waals surface area (Å²) in [5, 5.41) is 2.95. The molecule has 1 amide bonds. The number of aliphatic imine (C=N–C) groups is 1. The third-order valence-electron chi connectivity index (χ3n) is 5.75. The SMILES string of the molecule is C[C@@H](NC(=O)Cc1cc2c(cn1)C(N1CCc3scnc3C1)=NC2)c1ccc(F)cc1. The molecule has 0 unspecified atom stereocenters. The van der Waals surface area contributed by atoms with Crippen molar-refractivity contribution in [3.05, 3.63) is 80.8 Å². The van der Waals surface area contributed by atoms with Gasteiger partial charge in [-0.15, -0.1) is 11.3 Å². The number of fused-ring (bicyclic) bond motifs is 2. The van der Waals surface area contributed by atoms with E-state index in [2.05, 4.69) is 20.2 Å². The Labute approximate surface area is 183 Å². The standard InChI is InChI=1S/C23H22FN5OS/c1-14(15-2-4-17(24)5-3-15)28-22(30)9-18-8-16-10-26-23(19(16)11-25-18)29-7-6-21-20(12-29)27-13-31-21/h2-5,8,11,13-14H,6-7,9-10,12H2,1H3,(H,28,30)/t14-/m1/s1. The highest BCUT2D eigenvalue weighted by atomic mass is 32.1. The molecule has 3 aromatic rings. The Balaban J connectivity index is 1.23. The van der Waals surface area contributed by atoms with Crippen molar-refractivity contribution >= 4 is 23.1 Å². The van der Waals surface area contributed by atoms with Crippen molar-refractivity contribution in [2.24, 2.45) is 4.99 Å². The van der Waals surface area contributed by atoms with Crippen LogP contribution in [0.3, 0.4) is 0 Å². The Morgan fingerprint density at radius 2 is 2.13 bits per heavy atom. The van der Waals surface area contributed by atoms with Gasteiger partial charge in [-0.2, -0.15) is 0 Å². The summed E-state index contributed by atoms with van der Waals surface area (Å²) in [5.74, 6) is 0.570. The zero-order valence-electron chi connectivity index (χ0n) is 17.1. The number of carbonyl (C=O) groups is 1. The first-order chi connectivity index (χ1) is 15.1. The van der Waals surface area contributed by atoms with Crippen molar-refractivity contribution in [3.63, 3.8) is 0 Å². The number of nitrogens with zero attached hydrogens (tertiary/aromatic N) is 4. The number of pyridine rings is 1. The highest BCUT2D eigenvalue weighted by Crippen LogP contribution is 2.27. The number of halogens is 1. The molecule has 0 aliphatic carbocycles. The van der Waals surface area contributed by atoms with Crippen LogP contribution in [0.4, 0.5) is 4.39 Å². The molecule has 2 aromatic heterocycles. The number of rotatable bonds is 4. The molecule has 2 aliphatic rings. The summed E-state index contributed by atoms with van der Waals surface area (Å²) < 4.78 is 13.1. The van der Waals surface area contributed by atoms with Crippen LogP contribution in [0.25, 0.3) is 0 Å². The first-order valence-corrected chi connectivity index (χ1v) is 11.2. The second-order valence-corrected chi connectivity index (χ2v) is 8.82. The number of amidine groups is 1. The van der Waals surface area contributed by atoms with E-state index in [0.717, 1.165) is 53.4 Å². The lowest BCUT2D eigenvalue weighted by molar-refractivity contribution is -0.121. The van der Waals surface area contributed by atoms with Gasteiger partial charge in [0.05, 0.1) is 42.5 Å². The fourth-order valence-corrected chi connectivity index (χ4v) is 4.86. The molecule has 8 heteroatoms. The Morgan fingerprint density at radius 1 is 1.29 bits per heavy atom. The van der Waals surface area contributed by atoms with Gasteiger partial charge in [0.25, 0.3) is 0 Å². The van der Waals surface area contributed by atoms with Crippen LogP contribution in [-0.2, 0) is 30.7 Å².